The SMILES string of the molecule is COCCNC(=O)C1(C)CCN(C(=O)c2cc(C)nn2C(C)(C)C)C1. The van der Waals surface area contributed by atoms with E-state index in [-0.39, 0.29) is 17.4 Å². The molecule has 1 aliphatic rings. The number of ether oxygens (including phenoxy) is 1. The highest BCUT2D eigenvalue weighted by atomic mass is 16.5. The zero-order valence-electron chi connectivity index (χ0n) is 16.2. The highest BCUT2D eigenvalue weighted by Crippen LogP contribution is 2.31. The van der Waals surface area contributed by atoms with Gasteiger partial charge in [0.15, 0.2) is 0 Å². The number of likely N-dealkylation sites (tertiary alicyclic amines) is 1. The average Bonchev–Trinajstić information content (AvgIpc) is 3.11. The highest BCUT2D eigenvalue weighted by Gasteiger charge is 2.42. The van der Waals surface area contributed by atoms with Gasteiger partial charge in [-0.3, -0.25) is 14.3 Å². The van der Waals surface area contributed by atoms with Gasteiger partial charge in [0.2, 0.25) is 5.91 Å². The largest absolute Gasteiger partial charge is 0.383 e. The third kappa shape index (κ3) is 4.21. The average molecular weight is 350 g/mol. The second kappa shape index (κ2) is 7.15. The Labute approximate surface area is 149 Å². The van der Waals surface area contributed by atoms with Gasteiger partial charge < -0.3 is 15.0 Å². The second-order valence-electron chi connectivity index (χ2n) is 8.04. The van der Waals surface area contributed by atoms with E-state index in [0.717, 1.165) is 5.69 Å². The molecule has 0 bridgehead atoms. The summed E-state index contributed by atoms with van der Waals surface area (Å²) in [4.78, 5) is 27.2. The number of hydrogen-bond acceptors (Lipinski definition) is 4. The molecule has 1 atom stereocenters. The van der Waals surface area contributed by atoms with E-state index in [1.54, 1.807) is 16.7 Å². The number of nitrogens with zero attached hydrogens (tertiary/aromatic N) is 3. The van der Waals surface area contributed by atoms with Gasteiger partial charge in [-0.15, -0.1) is 0 Å². The molecule has 1 unspecified atom stereocenters. The van der Waals surface area contributed by atoms with Gasteiger partial charge >= 0.3 is 0 Å². The van der Waals surface area contributed by atoms with Crippen molar-refractivity contribution in [2.45, 2.75) is 46.6 Å². The Morgan fingerprint density at radius 3 is 2.68 bits per heavy atom. The minimum atomic E-state index is -0.564. The van der Waals surface area contributed by atoms with Crippen LogP contribution in [0.5, 0.6) is 0 Å². The van der Waals surface area contributed by atoms with Gasteiger partial charge in [-0.05, 0) is 47.1 Å². The van der Waals surface area contributed by atoms with Gasteiger partial charge in [-0.1, -0.05) is 0 Å². The van der Waals surface area contributed by atoms with Crippen LogP contribution in [-0.4, -0.2) is 59.8 Å². The number of methoxy groups -OCH3 is 1. The lowest BCUT2D eigenvalue weighted by atomic mass is 9.89. The summed E-state index contributed by atoms with van der Waals surface area (Å²) in [5, 5.41) is 7.36. The van der Waals surface area contributed by atoms with Crippen molar-refractivity contribution in [3.8, 4) is 0 Å². The molecule has 0 aliphatic carbocycles. The summed E-state index contributed by atoms with van der Waals surface area (Å²) in [6.07, 6.45) is 0.653. The summed E-state index contributed by atoms with van der Waals surface area (Å²) >= 11 is 0. The maximum Gasteiger partial charge on any atom is 0.272 e. The van der Waals surface area contributed by atoms with E-state index in [4.69, 9.17) is 4.74 Å². The number of aryl methyl sites for hydroxylation is 1. The summed E-state index contributed by atoms with van der Waals surface area (Å²) in [6.45, 7) is 11.8. The Morgan fingerprint density at radius 1 is 1.40 bits per heavy atom. The topological polar surface area (TPSA) is 76.5 Å². The summed E-state index contributed by atoms with van der Waals surface area (Å²) < 4.78 is 6.74. The van der Waals surface area contributed by atoms with Crippen LogP contribution >= 0.6 is 0 Å². The number of carbonyl (C=O) groups is 2. The predicted octanol–water partition coefficient (Wildman–Crippen LogP) is 1.56. The quantitative estimate of drug-likeness (QED) is 0.818. The number of amides is 2. The van der Waals surface area contributed by atoms with Crippen molar-refractivity contribution in [3.05, 3.63) is 17.5 Å². The smallest absolute Gasteiger partial charge is 0.272 e. The molecule has 2 rings (SSSR count). The number of hydrogen-bond donors (Lipinski definition) is 1. The molecule has 1 N–H and O–H groups in total. The van der Waals surface area contributed by atoms with E-state index in [0.29, 0.717) is 38.4 Å². The first-order valence-electron chi connectivity index (χ1n) is 8.72. The fraction of sp³-hybridized carbons (Fsp3) is 0.722. The van der Waals surface area contributed by atoms with Crippen molar-refractivity contribution in [3.63, 3.8) is 0 Å². The van der Waals surface area contributed by atoms with E-state index in [2.05, 4.69) is 10.4 Å². The van der Waals surface area contributed by atoms with Crippen molar-refractivity contribution in [1.82, 2.24) is 20.0 Å². The minimum absolute atomic E-state index is 0.0274. The van der Waals surface area contributed by atoms with Crippen LogP contribution in [0.3, 0.4) is 0 Å². The monoisotopic (exact) mass is 350 g/mol. The molecule has 1 saturated heterocycles. The Hall–Kier alpha value is -1.89. The molecule has 7 nitrogen and oxygen atoms in total. The minimum Gasteiger partial charge on any atom is -0.383 e. The predicted molar refractivity (Wildman–Crippen MR) is 95.5 cm³/mol. The molecule has 1 aromatic heterocycles. The van der Waals surface area contributed by atoms with E-state index in [1.165, 1.54) is 0 Å². The summed E-state index contributed by atoms with van der Waals surface area (Å²) in [5.74, 6) is -0.0932. The first-order chi connectivity index (χ1) is 11.6. The molecular weight excluding hydrogens is 320 g/mol. The van der Waals surface area contributed by atoms with Crippen molar-refractivity contribution < 1.29 is 14.3 Å². The first-order valence-corrected chi connectivity index (χ1v) is 8.72. The van der Waals surface area contributed by atoms with Crippen molar-refractivity contribution in [2.24, 2.45) is 5.41 Å². The van der Waals surface area contributed by atoms with Crippen molar-refractivity contribution >= 4 is 11.8 Å². The van der Waals surface area contributed by atoms with Crippen LogP contribution in [0, 0.1) is 12.3 Å². The summed E-state index contributed by atoms with van der Waals surface area (Å²) in [7, 11) is 1.60. The van der Waals surface area contributed by atoms with Crippen LogP contribution in [-0.2, 0) is 15.1 Å². The third-order valence-electron chi connectivity index (χ3n) is 4.59. The molecule has 1 aliphatic heterocycles. The van der Waals surface area contributed by atoms with Crippen LogP contribution in [0.2, 0.25) is 0 Å². The molecule has 1 fully saturated rings. The number of aromatic nitrogens is 2. The molecular formula is C18H30N4O3. The number of nitrogens with one attached hydrogen (secondary N) is 1. The van der Waals surface area contributed by atoms with Gasteiger partial charge in [-0.25, -0.2) is 0 Å². The van der Waals surface area contributed by atoms with E-state index < -0.39 is 5.41 Å². The van der Waals surface area contributed by atoms with Crippen molar-refractivity contribution in [1.29, 1.82) is 0 Å². The highest BCUT2D eigenvalue weighted by molar-refractivity contribution is 5.94. The number of carbonyl (C=O) groups excluding carboxylic acids is 2. The van der Waals surface area contributed by atoms with Crippen LogP contribution in [0.4, 0.5) is 0 Å². The summed E-state index contributed by atoms with van der Waals surface area (Å²) in [6, 6.07) is 1.82. The van der Waals surface area contributed by atoms with E-state index >= 15 is 0 Å². The van der Waals surface area contributed by atoms with Crippen molar-refractivity contribution in [2.75, 3.05) is 33.4 Å². The Kier molecular flexibility index (Phi) is 5.56. The van der Waals surface area contributed by atoms with E-state index in [9.17, 15) is 9.59 Å². The fourth-order valence-corrected chi connectivity index (χ4v) is 3.12. The molecule has 0 spiro atoms. The molecule has 7 heteroatoms. The normalized spacial score (nSPS) is 20.8. The van der Waals surface area contributed by atoms with Gasteiger partial charge in [0.1, 0.15) is 5.69 Å². The molecule has 2 amide bonds. The van der Waals surface area contributed by atoms with Crippen LogP contribution in [0.15, 0.2) is 6.07 Å². The Balaban J connectivity index is 2.12. The summed E-state index contributed by atoms with van der Waals surface area (Å²) in [5.41, 5.74) is 0.553. The zero-order chi connectivity index (χ0) is 18.8. The van der Waals surface area contributed by atoms with Gasteiger partial charge in [0.05, 0.1) is 23.3 Å². The Morgan fingerprint density at radius 2 is 2.08 bits per heavy atom. The molecule has 0 radical (unpaired) electrons. The lowest BCUT2D eigenvalue weighted by molar-refractivity contribution is -0.129. The molecule has 140 valence electrons. The molecule has 2 heterocycles. The second-order valence-corrected chi connectivity index (χ2v) is 8.04. The third-order valence-corrected chi connectivity index (χ3v) is 4.59. The van der Waals surface area contributed by atoms with Crippen LogP contribution in [0.25, 0.3) is 0 Å². The molecule has 0 saturated carbocycles. The van der Waals surface area contributed by atoms with Gasteiger partial charge in [0, 0.05) is 26.7 Å². The maximum atomic E-state index is 13.0. The van der Waals surface area contributed by atoms with Gasteiger partial charge in [0.25, 0.3) is 5.91 Å². The van der Waals surface area contributed by atoms with Crippen LogP contribution < -0.4 is 5.32 Å². The van der Waals surface area contributed by atoms with E-state index in [1.807, 2.05) is 40.7 Å². The fourth-order valence-electron chi connectivity index (χ4n) is 3.12. The first kappa shape index (κ1) is 19.4. The lowest BCUT2D eigenvalue weighted by Crippen LogP contribution is -2.43. The zero-order valence-corrected chi connectivity index (χ0v) is 16.2. The van der Waals surface area contributed by atoms with Crippen LogP contribution in [0.1, 0.15) is 50.3 Å². The lowest BCUT2D eigenvalue weighted by Gasteiger charge is -2.26. The number of rotatable bonds is 5. The maximum absolute atomic E-state index is 13.0. The Bertz CT molecular complexity index is 647. The molecule has 0 aromatic carbocycles. The van der Waals surface area contributed by atoms with Gasteiger partial charge in [-0.2, -0.15) is 5.10 Å². The molecule has 1 aromatic rings. The standard InChI is InChI=1S/C18H30N4O3/c1-13-11-14(22(20-13)17(2,3)4)15(23)21-9-7-18(5,12-21)16(24)19-8-10-25-6/h11H,7-10,12H2,1-6H3,(H,19,24). The molecule has 25 heavy (non-hydrogen) atoms.